The summed E-state index contributed by atoms with van der Waals surface area (Å²) in [5.41, 5.74) is 0. The van der Waals surface area contributed by atoms with E-state index in [1.807, 2.05) is 0 Å². The smallest absolute Gasteiger partial charge is 0.306 e. The van der Waals surface area contributed by atoms with Crippen molar-refractivity contribution < 1.29 is 28.6 Å². The number of carbonyl (C=O) groups excluding carboxylic acids is 3. The van der Waals surface area contributed by atoms with E-state index in [-0.39, 0.29) is 31.1 Å². The molecule has 0 saturated heterocycles. The molecule has 0 aliphatic rings. The molecule has 0 bridgehead atoms. The van der Waals surface area contributed by atoms with Crippen molar-refractivity contribution in [2.45, 2.75) is 367 Å². The monoisotopic (exact) mass is 1010 g/mol. The van der Waals surface area contributed by atoms with Crippen LogP contribution in [0.1, 0.15) is 361 Å². The van der Waals surface area contributed by atoms with Crippen LogP contribution in [0.25, 0.3) is 0 Å². The third kappa shape index (κ3) is 58.8. The van der Waals surface area contributed by atoms with E-state index in [1.165, 1.54) is 250 Å². The van der Waals surface area contributed by atoms with Gasteiger partial charge in [0.25, 0.3) is 0 Å². The minimum Gasteiger partial charge on any atom is -0.462 e. The van der Waals surface area contributed by atoms with Crippen molar-refractivity contribution >= 4 is 17.9 Å². The summed E-state index contributed by atoms with van der Waals surface area (Å²) in [6.07, 6.45) is 73.9. The molecule has 0 aromatic heterocycles. The van der Waals surface area contributed by atoms with E-state index >= 15 is 0 Å². The highest BCUT2D eigenvalue weighted by Crippen LogP contribution is 2.18. The van der Waals surface area contributed by atoms with Crippen LogP contribution in [0.5, 0.6) is 0 Å². The Kier molecular flexibility index (Phi) is 59.6. The Morgan fingerprint density at radius 3 is 0.792 bits per heavy atom. The van der Waals surface area contributed by atoms with Crippen molar-refractivity contribution in [2.24, 2.45) is 0 Å². The molecule has 1 atom stereocenters. The van der Waals surface area contributed by atoms with E-state index in [2.05, 4.69) is 45.1 Å². The van der Waals surface area contributed by atoms with Gasteiger partial charge >= 0.3 is 17.9 Å². The van der Waals surface area contributed by atoms with E-state index in [0.29, 0.717) is 19.3 Å². The van der Waals surface area contributed by atoms with Crippen LogP contribution in [0.2, 0.25) is 0 Å². The highest BCUT2D eigenvalue weighted by Gasteiger charge is 2.19. The maximum atomic E-state index is 12.8. The normalized spacial score (nSPS) is 12.1. The molecule has 0 radical (unpaired) electrons. The Morgan fingerprint density at radius 2 is 0.500 bits per heavy atom. The largest absolute Gasteiger partial charge is 0.462 e. The van der Waals surface area contributed by atoms with Crippen molar-refractivity contribution in [3.05, 3.63) is 24.3 Å². The number of carbonyl (C=O) groups is 3. The van der Waals surface area contributed by atoms with E-state index < -0.39 is 6.10 Å². The fourth-order valence-electron chi connectivity index (χ4n) is 9.83. The average Bonchev–Trinajstić information content (AvgIpc) is 3.38. The van der Waals surface area contributed by atoms with E-state index in [0.717, 1.165) is 70.6 Å². The molecule has 0 fully saturated rings. The number of hydrogen-bond donors (Lipinski definition) is 0. The lowest BCUT2D eigenvalue weighted by molar-refractivity contribution is -0.167. The highest BCUT2D eigenvalue weighted by molar-refractivity contribution is 5.71. The predicted molar refractivity (Wildman–Crippen MR) is 312 cm³/mol. The number of esters is 3. The first-order chi connectivity index (χ1) is 35.5. The first kappa shape index (κ1) is 69.9. The number of hydrogen-bond acceptors (Lipinski definition) is 6. The SMILES string of the molecule is CCCCC/C=C\C/C=C\CCCCCCCCCC(=O)OC(COC(=O)CCCCCCCC)COC(=O)CCCCCCCCCCCCCCCCCCCCCCCCCCCCCCCCC. The van der Waals surface area contributed by atoms with Crippen molar-refractivity contribution in [3.8, 4) is 0 Å². The molecule has 0 rings (SSSR count). The summed E-state index contributed by atoms with van der Waals surface area (Å²) in [6, 6.07) is 0. The van der Waals surface area contributed by atoms with Gasteiger partial charge in [-0.3, -0.25) is 14.4 Å². The molecule has 0 amide bonds. The van der Waals surface area contributed by atoms with E-state index in [9.17, 15) is 14.4 Å². The lowest BCUT2D eigenvalue weighted by atomic mass is 10.0. The summed E-state index contributed by atoms with van der Waals surface area (Å²) >= 11 is 0. The number of allylic oxidation sites excluding steroid dienone is 4. The Hall–Kier alpha value is -2.11. The van der Waals surface area contributed by atoms with Crippen molar-refractivity contribution in [1.82, 2.24) is 0 Å². The lowest BCUT2D eigenvalue weighted by Crippen LogP contribution is -2.30. The molecule has 0 aliphatic carbocycles. The number of rotatable bonds is 60. The maximum Gasteiger partial charge on any atom is 0.306 e. The molecule has 0 aliphatic heterocycles. The summed E-state index contributed by atoms with van der Waals surface area (Å²) < 4.78 is 16.8. The van der Waals surface area contributed by atoms with Gasteiger partial charge in [0.1, 0.15) is 13.2 Å². The minimum absolute atomic E-state index is 0.0700. The molecule has 0 spiro atoms. The van der Waals surface area contributed by atoms with Crippen molar-refractivity contribution in [2.75, 3.05) is 13.2 Å². The Morgan fingerprint density at radius 1 is 0.278 bits per heavy atom. The Balaban J connectivity index is 3.94. The minimum atomic E-state index is -0.769. The van der Waals surface area contributed by atoms with Crippen LogP contribution < -0.4 is 0 Å². The fraction of sp³-hybridized carbons (Fsp3) is 0.894. The zero-order valence-electron chi connectivity index (χ0n) is 48.7. The molecular weight excluding hydrogens is 889 g/mol. The second-order valence-corrected chi connectivity index (χ2v) is 22.0. The molecule has 1 unspecified atom stereocenters. The third-order valence-electron chi connectivity index (χ3n) is 14.7. The molecule has 6 heteroatoms. The topological polar surface area (TPSA) is 78.9 Å². The van der Waals surface area contributed by atoms with Gasteiger partial charge in [-0.1, -0.05) is 315 Å². The molecule has 72 heavy (non-hydrogen) atoms. The van der Waals surface area contributed by atoms with Crippen LogP contribution in [0, 0.1) is 0 Å². The molecule has 6 nitrogen and oxygen atoms in total. The van der Waals surface area contributed by atoms with Crippen LogP contribution in [0.15, 0.2) is 24.3 Å². The van der Waals surface area contributed by atoms with E-state index in [1.54, 1.807) is 0 Å². The van der Waals surface area contributed by atoms with E-state index in [4.69, 9.17) is 14.2 Å². The third-order valence-corrected chi connectivity index (χ3v) is 14.7. The van der Waals surface area contributed by atoms with Crippen LogP contribution in [-0.2, 0) is 28.6 Å². The highest BCUT2D eigenvalue weighted by atomic mass is 16.6. The Bertz CT molecular complexity index is 1160. The standard InChI is InChI=1S/C66H124O6/c1-4-7-10-13-16-18-20-22-24-26-27-28-29-30-31-32-33-34-35-36-37-38-39-41-42-44-46-48-50-53-56-59-65(68)71-62-63(61-70-64(67)58-55-52-15-12-9-6-3)72-66(69)60-57-54-51-49-47-45-43-40-25-23-21-19-17-14-11-8-5-2/h17,19,23,25,63H,4-16,18,20-22,24,26-62H2,1-3H3/b19-17-,25-23-. The summed E-state index contributed by atoms with van der Waals surface area (Å²) in [5, 5.41) is 0. The zero-order valence-corrected chi connectivity index (χ0v) is 48.7. The summed E-state index contributed by atoms with van der Waals surface area (Å²) in [5.74, 6) is -0.867. The molecule has 0 heterocycles. The van der Waals surface area contributed by atoms with Crippen molar-refractivity contribution in [1.29, 1.82) is 0 Å². The van der Waals surface area contributed by atoms with Gasteiger partial charge in [-0.2, -0.15) is 0 Å². The quantitative estimate of drug-likeness (QED) is 0.0261. The first-order valence-electron chi connectivity index (χ1n) is 32.3. The molecule has 424 valence electrons. The van der Waals surface area contributed by atoms with Gasteiger partial charge in [-0.05, 0) is 51.4 Å². The zero-order chi connectivity index (χ0) is 52.2. The van der Waals surface area contributed by atoms with Gasteiger partial charge in [0.15, 0.2) is 6.10 Å². The average molecular weight is 1010 g/mol. The maximum absolute atomic E-state index is 12.8. The van der Waals surface area contributed by atoms with Gasteiger partial charge in [0.05, 0.1) is 0 Å². The number of unbranched alkanes of at least 4 members (excludes halogenated alkanes) is 45. The van der Waals surface area contributed by atoms with Crippen molar-refractivity contribution in [3.63, 3.8) is 0 Å². The molecule has 0 N–H and O–H groups in total. The van der Waals surface area contributed by atoms with Gasteiger partial charge in [0.2, 0.25) is 0 Å². The van der Waals surface area contributed by atoms with Crippen LogP contribution in [-0.4, -0.2) is 37.2 Å². The molecule has 0 aromatic rings. The summed E-state index contributed by atoms with van der Waals surface area (Å²) in [6.45, 7) is 6.60. The van der Waals surface area contributed by atoms with Gasteiger partial charge in [-0.15, -0.1) is 0 Å². The van der Waals surface area contributed by atoms with Gasteiger partial charge in [0, 0.05) is 19.3 Å². The van der Waals surface area contributed by atoms with Crippen LogP contribution in [0.3, 0.4) is 0 Å². The molecule has 0 saturated carbocycles. The van der Waals surface area contributed by atoms with Crippen LogP contribution in [0.4, 0.5) is 0 Å². The fourth-order valence-corrected chi connectivity index (χ4v) is 9.83. The van der Waals surface area contributed by atoms with Gasteiger partial charge in [-0.25, -0.2) is 0 Å². The second kappa shape index (κ2) is 61.4. The lowest BCUT2D eigenvalue weighted by Gasteiger charge is -2.18. The van der Waals surface area contributed by atoms with Gasteiger partial charge < -0.3 is 14.2 Å². The first-order valence-corrected chi connectivity index (χ1v) is 32.3. The molecular formula is C66H124O6. The van der Waals surface area contributed by atoms with Crippen LogP contribution >= 0.6 is 0 Å². The predicted octanol–water partition coefficient (Wildman–Crippen LogP) is 21.8. The molecule has 0 aromatic carbocycles. The summed E-state index contributed by atoms with van der Waals surface area (Å²) in [7, 11) is 0. The summed E-state index contributed by atoms with van der Waals surface area (Å²) in [4.78, 5) is 37.9. The number of ether oxygens (including phenoxy) is 3. The second-order valence-electron chi connectivity index (χ2n) is 22.0. The Labute approximate surface area is 449 Å².